The van der Waals surface area contributed by atoms with E-state index >= 15 is 0 Å². The van der Waals surface area contributed by atoms with Gasteiger partial charge in [-0.2, -0.15) is 0 Å². The van der Waals surface area contributed by atoms with Gasteiger partial charge in [0.25, 0.3) is 0 Å². The topological polar surface area (TPSA) is 12.0 Å². The van der Waals surface area contributed by atoms with E-state index in [0.717, 1.165) is 12.5 Å². The van der Waals surface area contributed by atoms with Crippen LogP contribution in [0.3, 0.4) is 0 Å². The second kappa shape index (κ2) is 9.54. The molecule has 0 aliphatic heterocycles. The molecular formula is C15H25Br2NS. The molecule has 0 amide bonds. The molecule has 1 unspecified atom stereocenters. The Labute approximate surface area is 138 Å². The molecule has 4 heteroatoms. The Balaban J connectivity index is 2.90. The normalized spacial score (nSPS) is 13.2. The van der Waals surface area contributed by atoms with Gasteiger partial charge in [-0.15, -0.1) is 11.3 Å². The van der Waals surface area contributed by atoms with Crippen LogP contribution in [0, 0.1) is 5.92 Å². The number of hydrogen-bond acceptors (Lipinski definition) is 2. The summed E-state index contributed by atoms with van der Waals surface area (Å²) in [6, 6.07) is 2.79. The van der Waals surface area contributed by atoms with Gasteiger partial charge in [0.05, 0.1) is 3.79 Å². The van der Waals surface area contributed by atoms with Crippen LogP contribution < -0.4 is 5.32 Å². The highest BCUT2D eigenvalue weighted by molar-refractivity contribution is 9.13. The van der Waals surface area contributed by atoms with Crippen molar-refractivity contribution in [2.45, 2.75) is 58.9 Å². The predicted molar refractivity (Wildman–Crippen MR) is 94.1 cm³/mol. The van der Waals surface area contributed by atoms with Crippen LogP contribution in [0.4, 0.5) is 0 Å². The van der Waals surface area contributed by atoms with E-state index in [1.165, 1.54) is 45.2 Å². The maximum atomic E-state index is 3.76. The lowest BCUT2D eigenvalue weighted by atomic mass is 9.89. The van der Waals surface area contributed by atoms with Crippen LogP contribution in [-0.2, 0) is 0 Å². The molecule has 0 bridgehead atoms. The molecule has 1 N–H and O–H groups in total. The zero-order valence-electron chi connectivity index (χ0n) is 12.1. The van der Waals surface area contributed by atoms with Crippen LogP contribution in [0.15, 0.2) is 14.3 Å². The van der Waals surface area contributed by atoms with Gasteiger partial charge in [-0.3, -0.25) is 0 Å². The zero-order chi connectivity index (χ0) is 14.3. The highest BCUT2D eigenvalue weighted by Gasteiger charge is 2.23. The third-order valence-electron chi connectivity index (χ3n) is 3.38. The lowest BCUT2D eigenvalue weighted by Crippen LogP contribution is -2.28. The predicted octanol–water partition coefficient (Wildman–Crippen LogP) is 6.53. The molecule has 0 radical (unpaired) electrons. The maximum Gasteiger partial charge on any atom is 0.0843 e. The van der Waals surface area contributed by atoms with Gasteiger partial charge < -0.3 is 5.32 Å². The zero-order valence-corrected chi connectivity index (χ0v) is 16.1. The van der Waals surface area contributed by atoms with Crippen LogP contribution in [-0.4, -0.2) is 6.54 Å². The first-order valence-corrected chi connectivity index (χ1v) is 9.72. The minimum absolute atomic E-state index is 0.507. The minimum atomic E-state index is 0.507. The summed E-state index contributed by atoms with van der Waals surface area (Å²) in [6.07, 6.45) is 6.34. The van der Waals surface area contributed by atoms with E-state index in [0.29, 0.717) is 6.04 Å². The molecule has 1 nitrogen and oxygen atoms in total. The van der Waals surface area contributed by atoms with Crippen molar-refractivity contribution < 1.29 is 0 Å². The fourth-order valence-corrected chi connectivity index (χ4v) is 4.79. The van der Waals surface area contributed by atoms with Crippen LogP contribution in [0.25, 0.3) is 0 Å². The third-order valence-corrected chi connectivity index (χ3v) is 6.71. The summed E-state index contributed by atoms with van der Waals surface area (Å²) in [4.78, 5) is 1.46. The van der Waals surface area contributed by atoms with Crippen molar-refractivity contribution in [3.8, 4) is 0 Å². The number of rotatable bonds is 9. The van der Waals surface area contributed by atoms with Crippen LogP contribution in [0.5, 0.6) is 0 Å². The molecule has 0 spiro atoms. The molecule has 1 heterocycles. The second-order valence-electron chi connectivity index (χ2n) is 5.04. The summed E-state index contributed by atoms with van der Waals surface area (Å²) >= 11 is 9.10. The smallest absolute Gasteiger partial charge is 0.0843 e. The number of thiophene rings is 1. The molecular weight excluding hydrogens is 386 g/mol. The first kappa shape index (κ1) is 17.7. The van der Waals surface area contributed by atoms with E-state index in [4.69, 9.17) is 0 Å². The van der Waals surface area contributed by atoms with Crippen molar-refractivity contribution in [2.75, 3.05) is 6.54 Å². The Kier molecular flexibility index (Phi) is 8.87. The van der Waals surface area contributed by atoms with Crippen LogP contribution in [0.2, 0.25) is 0 Å². The summed E-state index contributed by atoms with van der Waals surface area (Å²) in [7, 11) is 0. The number of halogens is 2. The quantitative estimate of drug-likeness (QED) is 0.487. The van der Waals surface area contributed by atoms with Gasteiger partial charge in [-0.1, -0.05) is 33.6 Å². The van der Waals surface area contributed by atoms with Crippen LogP contribution in [0.1, 0.15) is 63.8 Å². The van der Waals surface area contributed by atoms with E-state index in [1.807, 2.05) is 11.3 Å². The summed E-state index contributed by atoms with van der Waals surface area (Å²) in [5, 5.41) is 3.76. The Morgan fingerprint density at radius 1 is 1.11 bits per heavy atom. The Hall–Kier alpha value is 0.620. The first-order valence-electron chi connectivity index (χ1n) is 7.32. The summed E-state index contributed by atoms with van der Waals surface area (Å²) in [5.74, 6) is 0.749. The lowest BCUT2D eigenvalue weighted by molar-refractivity contribution is 0.320. The summed E-state index contributed by atoms with van der Waals surface area (Å²) < 4.78 is 2.39. The highest BCUT2D eigenvalue weighted by Crippen LogP contribution is 2.39. The van der Waals surface area contributed by atoms with Gasteiger partial charge in [0, 0.05) is 15.4 Å². The largest absolute Gasteiger partial charge is 0.309 e. The second-order valence-corrected chi connectivity index (χ2v) is 8.30. The van der Waals surface area contributed by atoms with Gasteiger partial charge >= 0.3 is 0 Å². The Morgan fingerprint density at radius 2 is 1.74 bits per heavy atom. The molecule has 0 aliphatic rings. The Morgan fingerprint density at radius 3 is 2.16 bits per heavy atom. The first-order chi connectivity index (χ1) is 9.13. The molecule has 110 valence electrons. The van der Waals surface area contributed by atoms with Crippen molar-refractivity contribution in [3.63, 3.8) is 0 Å². The summed E-state index contributed by atoms with van der Waals surface area (Å²) in [5.41, 5.74) is 0. The molecule has 1 aromatic rings. The highest BCUT2D eigenvalue weighted by atomic mass is 79.9. The molecule has 19 heavy (non-hydrogen) atoms. The van der Waals surface area contributed by atoms with Gasteiger partial charge in [0.1, 0.15) is 0 Å². The van der Waals surface area contributed by atoms with Crippen molar-refractivity contribution in [2.24, 2.45) is 5.92 Å². The average Bonchev–Trinajstić information content (AvgIpc) is 2.70. The molecule has 0 aromatic carbocycles. The standard InChI is InChI=1S/C15H25Br2NS/c1-4-7-11(8-5-2)14(18-9-6-3)13-10-12(16)15(17)19-13/h10-11,14,18H,4-9H2,1-3H3. The molecule has 0 fully saturated rings. The molecule has 0 saturated carbocycles. The fourth-order valence-electron chi connectivity index (χ4n) is 2.54. The summed E-state index contributed by atoms with van der Waals surface area (Å²) in [6.45, 7) is 7.92. The molecule has 0 aliphatic carbocycles. The van der Waals surface area contributed by atoms with Crippen molar-refractivity contribution in [3.05, 3.63) is 19.2 Å². The maximum absolute atomic E-state index is 3.76. The Bertz CT molecular complexity index is 340. The van der Waals surface area contributed by atoms with E-state index in [2.05, 4.69) is 64.0 Å². The molecule has 1 rings (SSSR count). The monoisotopic (exact) mass is 409 g/mol. The van der Waals surface area contributed by atoms with Gasteiger partial charge in [0.15, 0.2) is 0 Å². The third kappa shape index (κ3) is 5.49. The molecule has 0 saturated heterocycles. The van der Waals surface area contributed by atoms with Gasteiger partial charge in [-0.05, 0) is 69.7 Å². The van der Waals surface area contributed by atoms with Crippen molar-refractivity contribution in [1.29, 1.82) is 0 Å². The van der Waals surface area contributed by atoms with E-state index in [1.54, 1.807) is 0 Å². The number of hydrogen-bond donors (Lipinski definition) is 1. The molecule has 1 atom stereocenters. The van der Waals surface area contributed by atoms with E-state index < -0.39 is 0 Å². The van der Waals surface area contributed by atoms with E-state index in [-0.39, 0.29) is 0 Å². The van der Waals surface area contributed by atoms with E-state index in [9.17, 15) is 0 Å². The number of nitrogens with one attached hydrogen (secondary N) is 1. The molecule has 1 aromatic heterocycles. The lowest BCUT2D eigenvalue weighted by Gasteiger charge is -2.27. The minimum Gasteiger partial charge on any atom is -0.309 e. The van der Waals surface area contributed by atoms with Crippen LogP contribution >= 0.6 is 43.2 Å². The van der Waals surface area contributed by atoms with Crippen molar-refractivity contribution >= 4 is 43.2 Å². The SMILES string of the molecule is CCCNC(c1cc(Br)c(Br)s1)C(CCC)CCC. The van der Waals surface area contributed by atoms with Crippen molar-refractivity contribution in [1.82, 2.24) is 5.32 Å². The van der Waals surface area contributed by atoms with Gasteiger partial charge in [0.2, 0.25) is 0 Å². The fraction of sp³-hybridized carbons (Fsp3) is 0.733. The average molecular weight is 411 g/mol. The van der Waals surface area contributed by atoms with Gasteiger partial charge in [-0.25, -0.2) is 0 Å².